The van der Waals surface area contributed by atoms with Gasteiger partial charge in [-0.25, -0.2) is 8.78 Å². The van der Waals surface area contributed by atoms with Crippen LogP contribution in [-0.2, 0) is 6.54 Å². The van der Waals surface area contributed by atoms with Crippen molar-refractivity contribution in [2.45, 2.75) is 32.4 Å². The normalized spacial score (nSPS) is 12.8. The summed E-state index contributed by atoms with van der Waals surface area (Å²) in [6.07, 6.45) is -1.07. The van der Waals surface area contributed by atoms with Crippen LogP contribution in [0.4, 0.5) is 8.78 Å². The zero-order valence-electron chi connectivity index (χ0n) is 10.5. The second-order valence-corrected chi connectivity index (χ2v) is 4.30. The van der Waals surface area contributed by atoms with Crippen LogP contribution >= 0.6 is 0 Å². The molecule has 4 nitrogen and oxygen atoms in total. The maximum atomic E-state index is 12.3. The Morgan fingerprint density at radius 1 is 1.56 bits per heavy atom. The number of rotatable bonds is 6. The third-order valence-electron chi connectivity index (χ3n) is 2.61. The van der Waals surface area contributed by atoms with E-state index in [9.17, 15) is 13.6 Å². The first-order chi connectivity index (χ1) is 8.41. The van der Waals surface area contributed by atoms with Gasteiger partial charge in [-0.05, 0) is 25.5 Å². The third kappa shape index (κ3) is 4.10. The zero-order chi connectivity index (χ0) is 13.7. The Labute approximate surface area is 105 Å². The molecule has 0 saturated heterocycles. The van der Waals surface area contributed by atoms with Crippen molar-refractivity contribution in [3.05, 3.63) is 24.0 Å². The lowest BCUT2D eigenvalue weighted by molar-refractivity contribution is 0.0749. The molecule has 1 N–H and O–H groups in total. The Kier molecular flexibility index (Phi) is 5.27. The van der Waals surface area contributed by atoms with Crippen LogP contribution in [0.3, 0.4) is 0 Å². The number of hydrogen-bond donors (Lipinski definition) is 1. The quantitative estimate of drug-likeness (QED) is 0.844. The highest BCUT2D eigenvalue weighted by molar-refractivity contribution is 5.92. The molecule has 0 bridgehead atoms. The zero-order valence-corrected chi connectivity index (χ0v) is 10.5. The summed E-state index contributed by atoms with van der Waals surface area (Å²) in [5.74, 6) is -0.318. The highest BCUT2D eigenvalue weighted by Gasteiger charge is 2.17. The van der Waals surface area contributed by atoms with Gasteiger partial charge in [0.05, 0.1) is 12.6 Å². The SMILES string of the molecule is CC(O)CCN(C)C(=O)c1cccn1CC(F)F. The molecule has 102 valence electrons. The van der Waals surface area contributed by atoms with Gasteiger partial charge in [0.15, 0.2) is 0 Å². The summed E-state index contributed by atoms with van der Waals surface area (Å²) in [5.41, 5.74) is 0.239. The largest absolute Gasteiger partial charge is 0.393 e. The van der Waals surface area contributed by atoms with Gasteiger partial charge in [-0.15, -0.1) is 0 Å². The Hall–Kier alpha value is -1.43. The molecule has 0 aliphatic heterocycles. The van der Waals surface area contributed by atoms with Gasteiger partial charge >= 0.3 is 0 Å². The average Bonchev–Trinajstić information content (AvgIpc) is 2.71. The Morgan fingerprint density at radius 2 is 2.22 bits per heavy atom. The molecular formula is C12H18F2N2O2. The van der Waals surface area contributed by atoms with E-state index in [2.05, 4.69) is 0 Å². The van der Waals surface area contributed by atoms with Crippen molar-refractivity contribution in [1.82, 2.24) is 9.47 Å². The van der Waals surface area contributed by atoms with Crippen LogP contribution in [0.5, 0.6) is 0 Å². The molecule has 1 heterocycles. The molecule has 1 unspecified atom stereocenters. The molecule has 0 radical (unpaired) electrons. The number of amides is 1. The molecule has 6 heteroatoms. The average molecular weight is 260 g/mol. The fraction of sp³-hybridized carbons (Fsp3) is 0.583. The molecule has 1 aromatic heterocycles. The fourth-order valence-electron chi connectivity index (χ4n) is 1.59. The monoisotopic (exact) mass is 260 g/mol. The molecule has 0 saturated carbocycles. The molecule has 0 fully saturated rings. The summed E-state index contributed by atoms with van der Waals surface area (Å²) >= 11 is 0. The van der Waals surface area contributed by atoms with Crippen LogP contribution in [0.2, 0.25) is 0 Å². The van der Waals surface area contributed by atoms with Crippen LogP contribution < -0.4 is 0 Å². The lowest BCUT2D eigenvalue weighted by Crippen LogP contribution is -2.31. The van der Waals surface area contributed by atoms with E-state index < -0.39 is 19.1 Å². The Morgan fingerprint density at radius 3 is 2.78 bits per heavy atom. The first-order valence-electron chi connectivity index (χ1n) is 5.78. The van der Waals surface area contributed by atoms with E-state index in [0.717, 1.165) is 0 Å². The summed E-state index contributed by atoms with van der Waals surface area (Å²) in [6, 6.07) is 3.09. The van der Waals surface area contributed by atoms with Crippen molar-refractivity contribution in [3.8, 4) is 0 Å². The molecule has 0 aromatic carbocycles. The van der Waals surface area contributed by atoms with Crippen molar-refractivity contribution in [2.75, 3.05) is 13.6 Å². The Balaban J connectivity index is 2.68. The lowest BCUT2D eigenvalue weighted by atomic mass is 10.2. The van der Waals surface area contributed by atoms with E-state index >= 15 is 0 Å². The van der Waals surface area contributed by atoms with E-state index in [1.165, 1.54) is 21.7 Å². The minimum atomic E-state index is -2.49. The standard InChI is InChI=1S/C12H18F2N2O2/c1-9(17)5-7-15(2)12(18)10-4-3-6-16(10)8-11(13)14/h3-4,6,9,11,17H,5,7-8H2,1-2H3. The molecule has 1 rings (SSSR count). The maximum Gasteiger partial charge on any atom is 0.270 e. The number of alkyl halides is 2. The van der Waals surface area contributed by atoms with Gasteiger partial charge in [-0.2, -0.15) is 0 Å². The van der Waals surface area contributed by atoms with E-state index in [0.29, 0.717) is 13.0 Å². The van der Waals surface area contributed by atoms with Crippen molar-refractivity contribution in [2.24, 2.45) is 0 Å². The number of aliphatic hydroxyl groups excluding tert-OH is 1. The molecule has 0 aliphatic carbocycles. The predicted octanol–water partition coefficient (Wildman–Crippen LogP) is 1.60. The minimum Gasteiger partial charge on any atom is -0.393 e. The maximum absolute atomic E-state index is 12.3. The summed E-state index contributed by atoms with van der Waals surface area (Å²) in [7, 11) is 1.59. The van der Waals surface area contributed by atoms with E-state index in [4.69, 9.17) is 5.11 Å². The van der Waals surface area contributed by atoms with E-state index in [1.807, 2.05) is 0 Å². The van der Waals surface area contributed by atoms with Gasteiger partial charge in [0.1, 0.15) is 5.69 Å². The second-order valence-electron chi connectivity index (χ2n) is 4.30. The van der Waals surface area contributed by atoms with Crippen LogP contribution in [-0.4, -0.2) is 46.6 Å². The molecule has 1 atom stereocenters. The topological polar surface area (TPSA) is 45.5 Å². The summed E-state index contributed by atoms with van der Waals surface area (Å²) in [4.78, 5) is 13.4. The molecule has 18 heavy (non-hydrogen) atoms. The molecule has 1 amide bonds. The number of aromatic nitrogens is 1. The molecular weight excluding hydrogens is 242 g/mol. The second kappa shape index (κ2) is 6.49. The predicted molar refractivity (Wildman–Crippen MR) is 63.7 cm³/mol. The third-order valence-corrected chi connectivity index (χ3v) is 2.61. The van der Waals surface area contributed by atoms with Crippen molar-refractivity contribution in [3.63, 3.8) is 0 Å². The molecule has 1 aromatic rings. The highest BCUT2D eigenvalue weighted by Crippen LogP contribution is 2.09. The van der Waals surface area contributed by atoms with Gasteiger partial charge in [0.2, 0.25) is 0 Å². The molecule has 0 aliphatic rings. The number of aliphatic hydroxyl groups is 1. The van der Waals surface area contributed by atoms with Gasteiger partial charge in [0, 0.05) is 19.8 Å². The summed E-state index contributed by atoms with van der Waals surface area (Å²) in [6.45, 7) is 1.53. The number of carbonyl (C=O) groups is 1. The number of nitrogens with zero attached hydrogens (tertiary/aromatic N) is 2. The summed E-state index contributed by atoms with van der Waals surface area (Å²) < 4.78 is 25.9. The van der Waals surface area contributed by atoms with Gasteiger partial charge in [-0.3, -0.25) is 4.79 Å². The van der Waals surface area contributed by atoms with Crippen LogP contribution in [0.15, 0.2) is 18.3 Å². The first-order valence-corrected chi connectivity index (χ1v) is 5.78. The highest BCUT2D eigenvalue weighted by atomic mass is 19.3. The Bertz CT molecular complexity index is 391. The van der Waals surface area contributed by atoms with Gasteiger partial charge < -0.3 is 14.6 Å². The van der Waals surface area contributed by atoms with E-state index in [-0.39, 0.29) is 11.6 Å². The fourth-order valence-corrected chi connectivity index (χ4v) is 1.59. The smallest absolute Gasteiger partial charge is 0.270 e. The minimum absolute atomic E-state index is 0.239. The van der Waals surface area contributed by atoms with Crippen molar-refractivity contribution in [1.29, 1.82) is 0 Å². The van der Waals surface area contributed by atoms with Crippen LogP contribution in [0.25, 0.3) is 0 Å². The van der Waals surface area contributed by atoms with Crippen molar-refractivity contribution < 1.29 is 18.7 Å². The van der Waals surface area contributed by atoms with E-state index in [1.54, 1.807) is 20.0 Å². The number of hydrogen-bond acceptors (Lipinski definition) is 2. The first kappa shape index (κ1) is 14.6. The molecule has 0 spiro atoms. The van der Waals surface area contributed by atoms with Gasteiger partial charge in [0.25, 0.3) is 12.3 Å². The van der Waals surface area contributed by atoms with Crippen molar-refractivity contribution >= 4 is 5.91 Å². The van der Waals surface area contributed by atoms with Gasteiger partial charge in [-0.1, -0.05) is 0 Å². The summed E-state index contributed by atoms with van der Waals surface area (Å²) in [5, 5.41) is 9.14. The number of carbonyl (C=O) groups excluding carboxylic acids is 1. The van der Waals surface area contributed by atoms with Crippen LogP contribution in [0.1, 0.15) is 23.8 Å². The lowest BCUT2D eigenvalue weighted by Gasteiger charge is -2.19. The number of halogens is 2. The van der Waals surface area contributed by atoms with Crippen LogP contribution in [0, 0.1) is 0 Å².